The number of likely N-dealkylation sites (tertiary alicyclic amines) is 1. The van der Waals surface area contributed by atoms with Crippen molar-refractivity contribution in [3.8, 4) is 0 Å². The largest absolute Gasteiger partial charge is 0.351 e. The van der Waals surface area contributed by atoms with Gasteiger partial charge in [-0.25, -0.2) is 4.79 Å². The maximum absolute atomic E-state index is 13.2. The van der Waals surface area contributed by atoms with Crippen LogP contribution in [0.2, 0.25) is 0 Å². The highest BCUT2D eigenvalue weighted by Gasteiger charge is 2.33. The smallest absolute Gasteiger partial charge is 0.315 e. The monoisotopic (exact) mass is 296 g/mol. The fourth-order valence-electron chi connectivity index (χ4n) is 2.26. The molecule has 1 atom stereocenters. The molecule has 3 amide bonds. The second-order valence-corrected chi connectivity index (χ2v) is 4.60. The quantitative estimate of drug-likeness (QED) is 0.643. The topological polar surface area (TPSA) is 119 Å². The van der Waals surface area contributed by atoms with Crippen molar-refractivity contribution in [2.75, 3.05) is 11.9 Å². The van der Waals surface area contributed by atoms with Crippen molar-refractivity contribution < 1.29 is 18.9 Å². The number of primary amides is 1. The lowest BCUT2D eigenvalue weighted by Crippen LogP contribution is -2.45. The summed E-state index contributed by atoms with van der Waals surface area (Å²) < 4.78 is 13.2. The number of nitrogens with two attached hydrogens (primary N) is 1. The number of benzene rings is 1. The number of rotatable bonds is 3. The van der Waals surface area contributed by atoms with Gasteiger partial charge in [0.15, 0.2) is 0 Å². The molecule has 0 aliphatic carbocycles. The molecule has 0 saturated carbocycles. The first-order chi connectivity index (χ1) is 9.90. The molecule has 1 heterocycles. The number of amides is 3. The first-order valence-corrected chi connectivity index (χ1v) is 6.21. The van der Waals surface area contributed by atoms with Crippen molar-refractivity contribution in [2.24, 2.45) is 5.73 Å². The lowest BCUT2D eigenvalue weighted by Gasteiger charge is -2.21. The van der Waals surface area contributed by atoms with E-state index in [1.54, 1.807) is 0 Å². The van der Waals surface area contributed by atoms with Gasteiger partial charge in [-0.3, -0.25) is 14.9 Å². The minimum atomic E-state index is -0.988. The Bertz CT molecular complexity index is 607. The number of nitro groups is 1. The van der Waals surface area contributed by atoms with Gasteiger partial charge in [0.25, 0.3) is 0 Å². The number of nitro benzene ring substituents is 1. The predicted molar refractivity (Wildman–Crippen MR) is 71.0 cm³/mol. The van der Waals surface area contributed by atoms with E-state index in [0.717, 1.165) is 12.1 Å². The lowest BCUT2D eigenvalue weighted by molar-refractivity contribution is -0.387. The Balaban J connectivity index is 2.14. The van der Waals surface area contributed by atoms with Crippen LogP contribution in [0.4, 0.5) is 20.6 Å². The third-order valence-corrected chi connectivity index (χ3v) is 3.25. The van der Waals surface area contributed by atoms with E-state index in [1.165, 1.54) is 11.0 Å². The summed E-state index contributed by atoms with van der Waals surface area (Å²) in [6, 6.07) is 1.62. The van der Waals surface area contributed by atoms with Crippen LogP contribution in [0.15, 0.2) is 18.2 Å². The summed E-state index contributed by atoms with van der Waals surface area (Å²) in [6.45, 7) is 0.386. The van der Waals surface area contributed by atoms with Crippen LogP contribution in [-0.4, -0.2) is 34.3 Å². The first-order valence-electron chi connectivity index (χ1n) is 6.21. The van der Waals surface area contributed by atoms with Gasteiger partial charge >= 0.3 is 11.7 Å². The Kier molecular flexibility index (Phi) is 4.01. The summed E-state index contributed by atoms with van der Waals surface area (Å²) in [5, 5.41) is 13.1. The van der Waals surface area contributed by atoms with Crippen molar-refractivity contribution >= 4 is 23.3 Å². The highest BCUT2D eigenvalue weighted by atomic mass is 19.1. The zero-order valence-corrected chi connectivity index (χ0v) is 10.9. The average molecular weight is 296 g/mol. The van der Waals surface area contributed by atoms with Gasteiger partial charge in [-0.05, 0) is 25.0 Å². The number of hydrogen-bond donors (Lipinski definition) is 2. The summed E-state index contributed by atoms with van der Waals surface area (Å²) in [5.41, 5.74) is 4.53. The molecule has 9 heteroatoms. The van der Waals surface area contributed by atoms with Crippen LogP contribution < -0.4 is 11.1 Å². The van der Waals surface area contributed by atoms with Crippen molar-refractivity contribution in [2.45, 2.75) is 18.9 Å². The normalized spacial score (nSPS) is 17.6. The highest BCUT2D eigenvalue weighted by Crippen LogP contribution is 2.23. The third-order valence-electron chi connectivity index (χ3n) is 3.25. The first kappa shape index (κ1) is 14.7. The predicted octanol–water partition coefficient (Wildman–Crippen LogP) is 1.22. The van der Waals surface area contributed by atoms with Crippen molar-refractivity contribution in [3.05, 3.63) is 34.1 Å². The number of carbonyl (C=O) groups is 2. The summed E-state index contributed by atoms with van der Waals surface area (Å²) in [5.74, 6) is -1.50. The molecule has 1 aliphatic heterocycles. The van der Waals surface area contributed by atoms with Crippen molar-refractivity contribution in [3.63, 3.8) is 0 Å². The van der Waals surface area contributed by atoms with E-state index in [4.69, 9.17) is 5.73 Å². The Morgan fingerprint density at radius 1 is 1.48 bits per heavy atom. The highest BCUT2D eigenvalue weighted by molar-refractivity contribution is 5.97. The fourth-order valence-corrected chi connectivity index (χ4v) is 2.26. The molecule has 3 N–H and O–H groups in total. The molecule has 2 rings (SSSR count). The number of nitrogens with zero attached hydrogens (tertiary/aromatic N) is 2. The number of hydrogen-bond acceptors (Lipinski definition) is 4. The maximum Gasteiger partial charge on any atom is 0.315 e. The van der Waals surface area contributed by atoms with Gasteiger partial charge in [-0.1, -0.05) is 0 Å². The summed E-state index contributed by atoms with van der Waals surface area (Å²) >= 11 is 0. The molecule has 8 nitrogen and oxygen atoms in total. The van der Waals surface area contributed by atoms with Gasteiger partial charge in [-0.15, -0.1) is 0 Å². The van der Waals surface area contributed by atoms with Crippen LogP contribution in [0.25, 0.3) is 0 Å². The fraction of sp³-hybridized carbons (Fsp3) is 0.333. The zero-order chi connectivity index (χ0) is 15.6. The average Bonchev–Trinajstić information content (AvgIpc) is 2.90. The van der Waals surface area contributed by atoms with Crippen LogP contribution in [0.3, 0.4) is 0 Å². The summed E-state index contributed by atoms with van der Waals surface area (Å²) in [4.78, 5) is 34.2. The molecule has 0 radical (unpaired) electrons. The molecule has 0 bridgehead atoms. The van der Waals surface area contributed by atoms with Gasteiger partial charge in [0.05, 0.1) is 4.92 Å². The maximum atomic E-state index is 13.2. The molecule has 1 aromatic rings. The lowest BCUT2D eigenvalue weighted by atomic mass is 10.2. The molecule has 21 heavy (non-hydrogen) atoms. The van der Waals surface area contributed by atoms with Crippen LogP contribution >= 0.6 is 0 Å². The second kappa shape index (κ2) is 5.73. The van der Waals surface area contributed by atoms with Gasteiger partial charge in [0.1, 0.15) is 6.04 Å². The minimum Gasteiger partial charge on any atom is -0.351 e. The third kappa shape index (κ3) is 3.07. The minimum absolute atomic E-state index is 0.0874. The van der Waals surface area contributed by atoms with E-state index in [2.05, 4.69) is 5.32 Å². The van der Waals surface area contributed by atoms with E-state index in [0.29, 0.717) is 19.4 Å². The molecule has 112 valence electrons. The zero-order valence-electron chi connectivity index (χ0n) is 10.9. The van der Waals surface area contributed by atoms with Gasteiger partial charge < -0.3 is 16.0 Å². The molecular formula is C12H13FN4O4. The Morgan fingerprint density at radius 2 is 2.19 bits per heavy atom. The number of nitrogens with one attached hydrogen (secondary N) is 1. The van der Waals surface area contributed by atoms with Gasteiger partial charge in [0.2, 0.25) is 11.7 Å². The van der Waals surface area contributed by atoms with Crippen molar-refractivity contribution in [1.82, 2.24) is 4.90 Å². The van der Waals surface area contributed by atoms with Gasteiger partial charge in [-0.2, -0.15) is 4.39 Å². The molecule has 1 aliphatic rings. The molecule has 1 aromatic carbocycles. The van der Waals surface area contributed by atoms with E-state index in [9.17, 15) is 24.1 Å². The molecule has 1 saturated heterocycles. The van der Waals surface area contributed by atoms with Crippen LogP contribution in [0.5, 0.6) is 0 Å². The molecular weight excluding hydrogens is 283 g/mol. The number of urea groups is 1. The summed E-state index contributed by atoms with van der Waals surface area (Å²) in [6.07, 6.45) is 1.10. The van der Waals surface area contributed by atoms with Crippen molar-refractivity contribution in [1.29, 1.82) is 0 Å². The molecule has 1 unspecified atom stereocenters. The van der Waals surface area contributed by atoms with E-state index >= 15 is 0 Å². The summed E-state index contributed by atoms with van der Waals surface area (Å²) in [7, 11) is 0. The van der Waals surface area contributed by atoms with Crippen LogP contribution in [0.1, 0.15) is 12.8 Å². The Hall–Kier alpha value is -2.71. The Morgan fingerprint density at radius 3 is 2.81 bits per heavy atom. The van der Waals surface area contributed by atoms with Crippen LogP contribution in [-0.2, 0) is 4.79 Å². The second-order valence-electron chi connectivity index (χ2n) is 4.60. The van der Waals surface area contributed by atoms with Crippen LogP contribution in [0, 0.1) is 15.9 Å². The number of carbonyl (C=O) groups excluding carboxylic acids is 2. The van der Waals surface area contributed by atoms with E-state index in [1.807, 2.05) is 0 Å². The standard InChI is InChI=1S/C12H13FN4O4/c13-8-4-3-7(6-10(8)17(20)21)15-11(18)9-2-1-5-16(9)12(14)19/h3-4,6,9H,1-2,5H2,(H2,14,19)(H,15,18). The molecule has 1 fully saturated rings. The molecule has 0 spiro atoms. The SMILES string of the molecule is NC(=O)N1CCCC1C(=O)Nc1ccc(F)c([N+](=O)[O-])c1. The van der Waals surface area contributed by atoms with Gasteiger partial charge in [0, 0.05) is 18.3 Å². The number of halogens is 1. The number of anilines is 1. The van der Waals surface area contributed by atoms with E-state index in [-0.39, 0.29) is 5.69 Å². The molecule has 0 aromatic heterocycles. The van der Waals surface area contributed by atoms with E-state index < -0.39 is 34.4 Å². The Labute approximate surface area is 118 Å².